The predicted octanol–water partition coefficient (Wildman–Crippen LogP) is 3.36. The molecule has 5 amide bonds. The van der Waals surface area contributed by atoms with Crippen LogP contribution < -0.4 is 26.6 Å². The Labute approximate surface area is 441 Å². The largest absolute Gasteiger partial charge is 0.507 e. The molecule has 6 aromatic rings. The number of nitrogens with one attached hydrogen (secondary N) is 5. The first-order valence-electron chi connectivity index (χ1n) is 24.7. The molecular formula is C56H59N7O14. The quantitative estimate of drug-likeness (QED) is 0.0324. The van der Waals surface area contributed by atoms with E-state index in [1.807, 2.05) is 48.5 Å². The minimum Gasteiger partial charge on any atom is -0.507 e. The van der Waals surface area contributed by atoms with Gasteiger partial charge in [0.05, 0.1) is 30.0 Å². The Morgan fingerprint density at radius 2 is 1.13 bits per heavy atom. The Hall–Kier alpha value is -8.60. The number of ether oxygens (including phenoxy) is 1. The number of hydrogen-bond donors (Lipinski definition) is 12. The van der Waals surface area contributed by atoms with Crippen LogP contribution in [0.25, 0.3) is 10.8 Å². The van der Waals surface area contributed by atoms with Crippen LogP contribution >= 0.6 is 0 Å². The molecule has 0 aliphatic carbocycles. The van der Waals surface area contributed by atoms with Gasteiger partial charge in [-0.05, 0) is 83.1 Å². The van der Waals surface area contributed by atoms with Gasteiger partial charge >= 0.3 is 5.97 Å². The summed E-state index contributed by atoms with van der Waals surface area (Å²) >= 11 is 0. The molecule has 0 radical (unpaired) electrons. The van der Waals surface area contributed by atoms with Crippen LogP contribution in [0.5, 0.6) is 11.5 Å². The van der Waals surface area contributed by atoms with Gasteiger partial charge in [0.15, 0.2) is 6.29 Å². The van der Waals surface area contributed by atoms with E-state index in [2.05, 4.69) is 36.8 Å². The first-order chi connectivity index (χ1) is 37.1. The monoisotopic (exact) mass is 1050 g/mol. The first-order valence-corrected chi connectivity index (χ1v) is 24.7. The Morgan fingerprint density at radius 3 is 1.74 bits per heavy atom. The highest BCUT2D eigenvalue weighted by atomic mass is 16.6. The number of carbonyl (C=O) groups excluding carboxylic acids is 5. The average Bonchev–Trinajstić information content (AvgIpc) is 3.43. The summed E-state index contributed by atoms with van der Waals surface area (Å²) < 4.78 is 5.24. The third kappa shape index (κ3) is 15.5. The number of fused-ring (bicyclic) bond motifs is 1. The number of aromatic carboxylic acids is 1. The Balaban J connectivity index is 1.06. The Morgan fingerprint density at radius 1 is 0.571 bits per heavy atom. The van der Waals surface area contributed by atoms with E-state index in [0.717, 1.165) is 28.5 Å². The fourth-order valence-electron chi connectivity index (χ4n) is 8.64. The number of phenolic OH excluding ortho intramolecular Hbond substituents is 1. The molecule has 1 aliphatic rings. The van der Waals surface area contributed by atoms with Crippen LogP contribution in [-0.4, -0.2) is 133 Å². The molecule has 21 heteroatoms. The summed E-state index contributed by atoms with van der Waals surface area (Å²) in [5.74, 6) is -5.85. The van der Waals surface area contributed by atoms with Crippen molar-refractivity contribution < 1.29 is 69.2 Å². The summed E-state index contributed by atoms with van der Waals surface area (Å²) in [6.07, 6.45) is -6.64. The number of aliphatic hydroxyl groups is 4. The molecule has 1 aliphatic heterocycles. The van der Waals surface area contributed by atoms with Gasteiger partial charge < -0.3 is 67.1 Å². The lowest BCUT2D eigenvalue weighted by atomic mass is 9.96. The van der Waals surface area contributed by atoms with Gasteiger partial charge in [0, 0.05) is 19.4 Å². The van der Waals surface area contributed by atoms with E-state index in [9.17, 15) is 64.5 Å². The smallest absolute Gasteiger partial charge is 0.339 e. The fourth-order valence-corrected chi connectivity index (χ4v) is 8.64. The average molecular weight is 1050 g/mol. The van der Waals surface area contributed by atoms with Crippen LogP contribution in [0.1, 0.15) is 56.7 Å². The number of unbranched alkanes of at least 4 members (excludes halogenated alkanes) is 1. The highest BCUT2D eigenvalue weighted by Gasteiger charge is 2.45. The number of azo groups is 1. The fraction of sp³-hybridized carbons (Fsp3) is 0.286. The number of aromatic hydroxyl groups is 2. The van der Waals surface area contributed by atoms with Gasteiger partial charge in [0.25, 0.3) is 5.91 Å². The van der Waals surface area contributed by atoms with Gasteiger partial charge in [0.2, 0.25) is 23.6 Å². The molecule has 1 saturated heterocycles. The Bertz CT molecular complexity index is 3070. The van der Waals surface area contributed by atoms with Crippen molar-refractivity contribution >= 4 is 57.7 Å². The maximum atomic E-state index is 14.6. The standard InChI is InChI=1S/C56H59N7O14/c64-31-46-49(68)50(69)48(56(76)77-46)61-52(71)41(17-9-10-24-57-51(70)39-29-37(20-22-44(39)65)62-63-38-21-23-45(66)40(30-38)55(74)75)59-54(73)43(27-33-13-5-2-6-14-33)60-53(72)42(26-32-11-3-1-4-12-32)58-47(67)28-34-18-19-35-15-7-8-16-36(35)25-34/h1-8,11-16,18-23,25,29-30,41-43,46,48-50,56,64-66,68-69,76H,9-10,17,24,26-28,31H2,(H,57,70)(H,58,67)(H,59,73)(H,60,72)(H,61,71)(H,74,75)/t41-,42-,43-,46+,48+,49+,50+,56?/m0/s1. The van der Waals surface area contributed by atoms with Crippen molar-refractivity contribution in [1.82, 2.24) is 26.6 Å². The van der Waals surface area contributed by atoms with Gasteiger partial charge in [-0.1, -0.05) is 103 Å². The maximum Gasteiger partial charge on any atom is 0.339 e. The number of amides is 5. The van der Waals surface area contributed by atoms with Crippen LogP contribution in [0, 0.1) is 0 Å². The zero-order valence-corrected chi connectivity index (χ0v) is 41.4. The van der Waals surface area contributed by atoms with Gasteiger partial charge in [-0.15, -0.1) is 0 Å². The normalized spacial score (nSPS) is 18.4. The third-order valence-electron chi connectivity index (χ3n) is 12.8. The molecule has 7 rings (SSSR count). The van der Waals surface area contributed by atoms with Crippen molar-refractivity contribution in [3.8, 4) is 11.5 Å². The zero-order chi connectivity index (χ0) is 55.0. The van der Waals surface area contributed by atoms with Crippen LogP contribution in [0.2, 0.25) is 0 Å². The second-order valence-electron chi connectivity index (χ2n) is 18.4. The predicted molar refractivity (Wildman–Crippen MR) is 279 cm³/mol. The second-order valence-corrected chi connectivity index (χ2v) is 18.4. The van der Waals surface area contributed by atoms with E-state index in [4.69, 9.17) is 4.74 Å². The number of carboxylic acid groups (broad SMARTS) is 1. The van der Waals surface area contributed by atoms with E-state index >= 15 is 0 Å². The topological polar surface area (TPSA) is 338 Å². The van der Waals surface area contributed by atoms with E-state index in [-0.39, 0.29) is 62.0 Å². The molecule has 77 heavy (non-hydrogen) atoms. The molecule has 1 unspecified atom stereocenters. The lowest BCUT2D eigenvalue weighted by molar-refractivity contribution is -0.254. The highest BCUT2D eigenvalue weighted by Crippen LogP contribution is 2.28. The number of carbonyl (C=O) groups is 6. The molecule has 1 fully saturated rings. The van der Waals surface area contributed by atoms with Crippen LogP contribution in [0.3, 0.4) is 0 Å². The van der Waals surface area contributed by atoms with E-state index < -0.39 is 108 Å². The molecule has 6 aromatic carbocycles. The summed E-state index contributed by atoms with van der Waals surface area (Å²) in [6.45, 7) is -0.767. The van der Waals surface area contributed by atoms with E-state index in [1.165, 1.54) is 24.3 Å². The summed E-state index contributed by atoms with van der Waals surface area (Å²) in [5.41, 5.74) is 1.71. The summed E-state index contributed by atoms with van der Waals surface area (Å²) in [4.78, 5) is 81.6. The molecule has 0 aromatic heterocycles. The number of phenols is 2. The summed E-state index contributed by atoms with van der Waals surface area (Å²) in [7, 11) is 0. The van der Waals surface area contributed by atoms with Crippen molar-refractivity contribution in [2.75, 3.05) is 13.2 Å². The molecule has 1 heterocycles. The van der Waals surface area contributed by atoms with Crippen LogP contribution in [0.15, 0.2) is 150 Å². The van der Waals surface area contributed by atoms with Gasteiger partial charge in [-0.25, -0.2) is 4.79 Å². The number of nitrogens with zero attached hydrogens (tertiary/aromatic N) is 2. The lowest BCUT2D eigenvalue weighted by Crippen LogP contribution is -2.66. The van der Waals surface area contributed by atoms with E-state index in [0.29, 0.717) is 11.1 Å². The number of carboxylic acids is 1. The van der Waals surface area contributed by atoms with Crippen LogP contribution in [-0.2, 0) is 43.2 Å². The molecule has 402 valence electrons. The Kier molecular flexibility index (Phi) is 19.5. The zero-order valence-electron chi connectivity index (χ0n) is 41.4. The molecule has 12 N–H and O–H groups in total. The minimum absolute atomic E-state index is 0.0114. The molecule has 21 nitrogen and oxygen atoms in total. The molecule has 0 bridgehead atoms. The highest BCUT2D eigenvalue weighted by molar-refractivity contribution is 5.98. The molecule has 0 saturated carbocycles. The van der Waals surface area contributed by atoms with E-state index in [1.54, 1.807) is 54.6 Å². The number of benzene rings is 6. The third-order valence-corrected chi connectivity index (χ3v) is 12.8. The minimum atomic E-state index is -1.89. The summed E-state index contributed by atoms with van der Waals surface area (Å²) in [5, 5.41) is 94.9. The van der Waals surface area contributed by atoms with Crippen molar-refractivity contribution in [3.63, 3.8) is 0 Å². The van der Waals surface area contributed by atoms with Gasteiger partial charge in [0.1, 0.15) is 59.5 Å². The molecular weight excluding hydrogens is 995 g/mol. The number of hydrogen-bond acceptors (Lipinski definition) is 15. The molecule has 8 atom stereocenters. The van der Waals surface area contributed by atoms with Crippen molar-refractivity contribution in [1.29, 1.82) is 0 Å². The van der Waals surface area contributed by atoms with Gasteiger partial charge in [-0.2, -0.15) is 10.2 Å². The lowest BCUT2D eigenvalue weighted by Gasteiger charge is -2.40. The second kappa shape index (κ2) is 26.7. The molecule has 0 spiro atoms. The van der Waals surface area contributed by atoms with Crippen molar-refractivity contribution in [2.45, 2.75) is 87.3 Å². The maximum absolute atomic E-state index is 14.6. The SMILES string of the molecule is O=C(Cc1ccc2ccccc2c1)N[C@@H](Cc1ccccc1)C(=O)N[C@@H](Cc1ccccc1)C(=O)N[C@@H](CCCCNC(=O)c1cc(N=Nc2ccc(O)c(C(=O)O)c2)ccc1O)C(=O)N[C@H]1C(O)O[C@H](CO)[C@@H](O)[C@@H]1O. The number of aliphatic hydroxyl groups excluding tert-OH is 4. The first kappa shape index (κ1) is 56.1. The van der Waals surface area contributed by atoms with Gasteiger partial charge in [-0.3, -0.25) is 24.0 Å². The van der Waals surface area contributed by atoms with Crippen LogP contribution in [0.4, 0.5) is 11.4 Å². The summed E-state index contributed by atoms with van der Waals surface area (Å²) in [6, 6.07) is 32.9. The number of rotatable bonds is 23. The van der Waals surface area contributed by atoms with Crippen molar-refractivity contribution in [3.05, 3.63) is 167 Å². The van der Waals surface area contributed by atoms with Crippen molar-refractivity contribution in [2.24, 2.45) is 10.2 Å².